The van der Waals surface area contributed by atoms with E-state index in [2.05, 4.69) is 21.2 Å². The molecular formula is C26H25F3N4O3. The van der Waals surface area contributed by atoms with Crippen molar-refractivity contribution in [3.8, 4) is 12.3 Å². The summed E-state index contributed by atoms with van der Waals surface area (Å²) in [7, 11) is 0. The second-order valence-corrected chi connectivity index (χ2v) is 8.38. The van der Waals surface area contributed by atoms with Crippen LogP contribution in [0.15, 0.2) is 59.5 Å². The molecule has 1 saturated heterocycles. The molecule has 0 aliphatic carbocycles. The lowest BCUT2D eigenvalue weighted by atomic mass is 9.88. The number of terminal acetylenes is 1. The molecule has 188 valence electrons. The van der Waals surface area contributed by atoms with E-state index >= 15 is 0 Å². The summed E-state index contributed by atoms with van der Waals surface area (Å²) in [5.41, 5.74) is -0.0808. The number of hydrogen-bond donors (Lipinski definition) is 1. The van der Waals surface area contributed by atoms with Gasteiger partial charge in [0, 0.05) is 43.2 Å². The van der Waals surface area contributed by atoms with Crippen molar-refractivity contribution < 1.29 is 27.4 Å². The quantitative estimate of drug-likeness (QED) is 0.636. The lowest BCUT2D eigenvalue weighted by Crippen LogP contribution is -2.68. The summed E-state index contributed by atoms with van der Waals surface area (Å²) >= 11 is 0. The van der Waals surface area contributed by atoms with Gasteiger partial charge in [0.1, 0.15) is 6.61 Å². The summed E-state index contributed by atoms with van der Waals surface area (Å²) in [5, 5.41) is 2.96. The van der Waals surface area contributed by atoms with E-state index in [9.17, 15) is 18.0 Å². The van der Waals surface area contributed by atoms with Crippen LogP contribution in [0, 0.1) is 12.3 Å². The first-order valence-electron chi connectivity index (χ1n) is 11.3. The van der Waals surface area contributed by atoms with Gasteiger partial charge in [-0.05, 0) is 42.3 Å². The maximum atomic E-state index is 13.5. The monoisotopic (exact) mass is 498 g/mol. The van der Waals surface area contributed by atoms with Crippen molar-refractivity contribution in [2.24, 2.45) is 4.99 Å². The SMILES string of the molecule is C#CCOC1=NC(C)=C(c2cccnc2)CC1(NC(=O)c1cccc(C(F)(F)F)c1)N1CCOCC1. The Balaban J connectivity index is 1.80. The highest BCUT2D eigenvalue weighted by molar-refractivity contribution is 6.01. The average Bonchev–Trinajstić information content (AvgIpc) is 2.89. The van der Waals surface area contributed by atoms with Crippen LogP contribution in [0.2, 0.25) is 0 Å². The number of pyridine rings is 1. The highest BCUT2D eigenvalue weighted by Gasteiger charge is 2.49. The smallest absolute Gasteiger partial charge is 0.416 e. The second-order valence-electron chi connectivity index (χ2n) is 8.38. The molecule has 2 aliphatic heterocycles. The molecule has 3 heterocycles. The van der Waals surface area contributed by atoms with Crippen LogP contribution < -0.4 is 5.32 Å². The van der Waals surface area contributed by atoms with Gasteiger partial charge in [0.25, 0.3) is 5.91 Å². The molecule has 36 heavy (non-hydrogen) atoms. The maximum Gasteiger partial charge on any atom is 0.416 e. The maximum absolute atomic E-state index is 13.5. The van der Waals surface area contributed by atoms with Crippen LogP contribution in [0.5, 0.6) is 0 Å². The third-order valence-electron chi connectivity index (χ3n) is 6.12. The third kappa shape index (κ3) is 5.27. The van der Waals surface area contributed by atoms with E-state index in [-0.39, 0.29) is 24.5 Å². The largest absolute Gasteiger partial charge is 0.465 e. The van der Waals surface area contributed by atoms with Crippen LogP contribution in [0.4, 0.5) is 13.2 Å². The number of carbonyl (C=O) groups is 1. The van der Waals surface area contributed by atoms with Crippen LogP contribution in [-0.2, 0) is 15.7 Å². The average molecular weight is 499 g/mol. The van der Waals surface area contributed by atoms with Crippen molar-refractivity contribution in [2.45, 2.75) is 25.2 Å². The lowest BCUT2D eigenvalue weighted by molar-refractivity contribution is -0.137. The number of rotatable bonds is 5. The molecule has 10 heteroatoms. The zero-order valence-corrected chi connectivity index (χ0v) is 19.6. The minimum absolute atomic E-state index is 0.0974. The molecule has 1 aromatic heterocycles. The topological polar surface area (TPSA) is 76.1 Å². The molecule has 7 nitrogen and oxygen atoms in total. The molecule has 2 aliphatic rings. The van der Waals surface area contributed by atoms with E-state index in [0.717, 1.165) is 23.3 Å². The zero-order chi connectivity index (χ0) is 25.8. The van der Waals surface area contributed by atoms with E-state index in [0.29, 0.717) is 32.0 Å². The minimum Gasteiger partial charge on any atom is -0.465 e. The Bertz CT molecular complexity index is 1210. The minimum atomic E-state index is -4.58. The zero-order valence-electron chi connectivity index (χ0n) is 19.6. The fourth-order valence-electron chi connectivity index (χ4n) is 4.35. The predicted octanol–water partition coefficient (Wildman–Crippen LogP) is 3.74. The molecule has 2 aromatic rings. The normalized spacial score (nSPS) is 20.9. The number of nitrogens with zero attached hydrogens (tertiary/aromatic N) is 3. The summed E-state index contributed by atoms with van der Waals surface area (Å²) in [5.74, 6) is 1.89. The Morgan fingerprint density at radius 1 is 1.28 bits per heavy atom. The molecule has 1 amide bonds. The number of aliphatic imine (C=N–C) groups is 1. The first-order valence-corrected chi connectivity index (χ1v) is 11.3. The number of hydrogen-bond acceptors (Lipinski definition) is 6. The Hall–Kier alpha value is -3.68. The van der Waals surface area contributed by atoms with Crippen LogP contribution >= 0.6 is 0 Å². The molecule has 1 fully saturated rings. The van der Waals surface area contributed by atoms with Gasteiger partial charge in [-0.3, -0.25) is 14.7 Å². The van der Waals surface area contributed by atoms with Crippen molar-refractivity contribution in [1.82, 2.24) is 15.2 Å². The van der Waals surface area contributed by atoms with Gasteiger partial charge in [-0.1, -0.05) is 18.1 Å². The van der Waals surface area contributed by atoms with Crippen molar-refractivity contribution in [3.05, 3.63) is 71.2 Å². The van der Waals surface area contributed by atoms with E-state index in [4.69, 9.17) is 15.9 Å². The predicted molar refractivity (Wildman–Crippen MR) is 128 cm³/mol. The number of amides is 1. The molecule has 0 saturated carbocycles. The highest BCUT2D eigenvalue weighted by Crippen LogP contribution is 2.37. The molecule has 1 unspecified atom stereocenters. The van der Waals surface area contributed by atoms with Crippen LogP contribution in [0.1, 0.15) is 34.8 Å². The highest BCUT2D eigenvalue weighted by atomic mass is 19.4. The Kier molecular flexibility index (Phi) is 7.43. The van der Waals surface area contributed by atoms with Crippen molar-refractivity contribution in [1.29, 1.82) is 0 Å². The molecule has 0 spiro atoms. The summed E-state index contributed by atoms with van der Waals surface area (Å²) < 4.78 is 51.3. The molecule has 0 radical (unpaired) electrons. The van der Waals surface area contributed by atoms with Gasteiger partial charge in [-0.2, -0.15) is 13.2 Å². The first-order chi connectivity index (χ1) is 17.2. The van der Waals surface area contributed by atoms with Gasteiger partial charge in [-0.15, -0.1) is 6.42 Å². The van der Waals surface area contributed by atoms with E-state index in [1.54, 1.807) is 18.5 Å². The summed E-state index contributed by atoms with van der Waals surface area (Å²) in [6.07, 6.45) is 4.43. The number of ether oxygens (including phenoxy) is 2. The number of nitrogens with one attached hydrogen (secondary N) is 1. The summed E-state index contributed by atoms with van der Waals surface area (Å²) in [6, 6.07) is 7.96. The van der Waals surface area contributed by atoms with E-state index in [1.807, 2.05) is 17.9 Å². The molecule has 4 rings (SSSR count). The second kappa shape index (κ2) is 10.5. The van der Waals surface area contributed by atoms with Crippen LogP contribution in [0.25, 0.3) is 5.57 Å². The van der Waals surface area contributed by atoms with Gasteiger partial charge in [0.15, 0.2) is 5.66 Å². The van der Waals surface area contributed by atoms with Crippen LogP contribution in [-0.4, -0.2) is 60.3 Å². The summed E-state index contributed by atoms with van der Waals surface area (Å²) in [6.45, 7) is 3.38. The van der Waals surface area contributed by atoms with Crippen molar-refractivity contribution in [3.63, 3.8) is 0 Å². The molecule has 1 aromatic carbocycles. The van der Waals surface area contributed by atoms with E-state index in [1.165, 1.54) is 12.1 Å². The van der Waals surface area contributed by atoms with Crippen molar-refractivity contribution in [2.75, 3.05) is 32.9 Å². The van der Waals surface area contributed by atoms with Gasteiger partial charge in [0.2, 0.25) is 5.90 Å². The van der Waals surface area contributed by atoms with Gasteiger partial charge >= 0.3 is 6.18 Å². The third-order valence-corrected chi connectivity index (χ3v) is 6.12. The molecule has 1 atom stereocenters. The Labute approximate surface area is 207 Å². The van der Waals surface area contributed by atoms with Gasteiger partial charge < -0.3 is 14.8 Å². The van der Waals surface area contributed by atoms with Crippen LogP contribution in [0.3, 0.4) is 0 Å². The number of alkyl halides is 3. The van der Waals surface area contributed by atoms with E-state index < -0.39 is 23.3 Å². The number of morpholine rings is 1. The fourth-order valence-corrected chi connectivity index (χ4v) is 4.35. The van der Waals surface area contributed by atoms with Crippen molar-refractivity contribution >= 4 is 17.4 Å². The number of aromatic nitrogens is 1. The number of halogens is 3. The molecular weight excluding hydrogens is 473 g/mol. The molecule has 0 bridgehead atoms. The number of carbonyl (C=O) groups excluding carboxylic acids is 1. The Morgan fingerprint density at radius 2 is 2.06 bits per heavy atom. The molecule has 1 N–H and O–H groups in total. The number of benzene rings is 1. The van der Waals surface area contributed by atoms with Gasteiger partial charge in [-0.25, -0.2) is 4.99 Å². The lowest BCUT2D eigenvalue weighted by Gasteiger charge is -2.47. The standard InChI is InChI=1S/C26H25F3N4O3/c1-3-12-36-24-25(33-10-13-35-14-11-33,16-22(18(2)31-24)20-7-5-9-30-17-20)32-23(34)19-6-4-8-21(15-19)26(27,28)29/h1,4-9,15,17H,10-14,16H2,2H3,(H,32,34). The Morgan fingerprint density at radius 3 is 2.72 bits per heavy atom. The summed E-state index contributed by atoms with van der Waals surface area (Å²) in [4.78, 5) is 24.3. The number of allylic oxidation sites excluding steroid dienone is 1. The fraction of sp³-hybridized carbons (Fsp3) is 0.346. The van der Waals surface area contributed by atoms with Gasteiger partial charge in [0.05, 0.1) is 18.8 Å². The first kappa shape index (κ1) is 25.4.